The van der Waals surface area contributed by atoms with Crippen molar-refractivity contribution in [1.29, 1.82) is 0 Å². The molecule has 2 bridgehead atoms. The van der Waals surface area contributed by atoms with Crippen molar-refractivity contribution in [2.75, 3.05) is 0 Å². The van der Waals surface area contributed by atoms with Gasteiger partial charge in [-0.1, -0.05) is 12.2 Å². The fourth-order valence-corrected chi connectivity index (χ4v) is 1.80. The van der Waals surface area contributed by atoms with Gasteiger partial charge in [0.05, 0.1) is 0 Å². The molecule has 1 fully saturated rings. The third kappa shape index (κ3) is 3.04. The van der Waals surface area contributed by atoms with E-state index in [1.807, 2.05) is 0 Å². The van der Waals surface area contributed by atoms with Crippen molar-refractivity contribution < 1.29 is 0 Å². The number of fused-ring (bicyclic) bond motifs is 2. The van der Waals surface area contributed by atoms with Gasteiger partial charge in [-0.15, -0.1) is 0 Å². The van der Waals surface area contributed by atoms with E-state index < -0.39 is 0 Å². The molecular formula is C9H13B3. The van der Waals surface area contributed by atoms with Crippen LogP contribution in [0.1, 0.15) is 19.3 Å². The van der Waals surface area contributed by atoms with Crippen LogP contribution in [0.3, 0.4) is 0 Å². The van der Waals surface area contributed by atoms with Crippen LogP contribution in [-0.2, 0) is 0 Å². The maximum absolute atomic E-state index is 4.90. The molecule has 2 atom stereocenters. The van der Waals surface area contributed by atoms with Crippen LogP contribution < -0.4 is 0 Å². The molecule has 4 radical (unpaired) electrons. The molecule has 2 unspecified atom stereocenters. The topological polar surface area (TPSA) is 0 Å². The summed E-state index contributed by atoms with van der Waals surface area (Å²) in [5, 5.41) is 0. The molecule has 0 aromatic heterocycles. The van der Waals surface area contributed by atoms with E-state index in [0.29, 0.717) is 6.32 Å². The molecule has 0 spiro atoms. The van der Waals surface area contributed by atoms with E-state index >= 15 is 0 Å². The Kier molecular flexibility index (Phi) is 4.49. The van der Waals surface area contributed by atoms with Crippen molar-refractivity contribution in [3.8, 4) is 0 Å². The molecular weight excluding hydrogens is 141 g/mol. The number of allylic oxidation sites excluding steroid dienone is 2. The number of hydrogen-bond donors (Lipinski definition) is 0. The second-order valence-corrected chi connectivity index (χ2v) is 3.43. The Hall–Kier alpha value is -0.195. The normalized spacial score (nSPS) is 29.2. The van der Waals surface area contributed by atoms with Crippen LogP contribution in [-0.4, -0.2) is 28.4 Å². The zero-order valence-electron chi connectivity index (χ0n) is 7.45. The number of rotatable bonds is 2. The van der Waals surface area contributed by atoms with Crippen LogP contribution in [0.15, 0.2) is 12.2 Å². The molecule has 2 rings (SSSR count). The monoisotopic (exact) mass is 154 g/mol. The van der Waals surface area contributed by atoms with Crippen LogP contribution in [0.4, 0.5) is 0 Å². The third-order valence-corrected chi connectivity index (χ3v) is 2.44. The molecule has 0 aromatic rings. The first kappa shape index (κ1) is 9.89. The van der Waals surface area contributed by atoms with E-state index in [2.05, 4.69) is 12.2 Å². The van der Waals surface area contributed by atoms with Crippen LogP contribution >= 0.6 is 0 Å². The van der Waals surface area contributed by atoms with Crippen LogP contribution in [0, 0.1) is 11.8 Å². The average molecular weight is 154 g/mol. The third-order valence-electron chi connectivity index (χ3n) is 2.44. The van der Waals surface area contributed by atoms with Crippen LogP contribution in [0.2, 0.25) is 6.32 Å². The van der Waals surface area contributed by atoms with Crippen molar-refractivity contribution >= 4 is 28.4 Å². The molecule has 58 valence electrons. The minimum atomic E-state index is 0.694. The fraction of sp³-hybridized carbons (Fsp3) is 0.667. The summed E-state index contributed by atoms with van der Waals surface area (Å²) in [6.07, 6.45) is 9.88. The summed E-state index contributed by atoms with van der Waals surface area (Å²) in [6.45, 7) is 0. The van der Waals surface area contributed by atoms with Crippen molar-refractivity contribution in [2.45, 2.75) is 25.6 Å². The Morgan fingerprint density at radius 1 is 1.33 bits per heavy atom. The van der Waals surface area contributed by atoms with Gasteiger partial charge in [-0.25, -0.2) is 0 Å². The second-order valence-electron chi connectivity index (χ2n) is 3.43. The summed E-state index contributed by atoms with van der Waals surface area (Å²) in [5.74, 6) is 3.48. The molecule has 1 saturated carbocycles. The van der Waals surface area contributed by atoms with Gasteiger partial charge in [-0.3, -0.25) is 0 Å². The van der Waals surface area contributed by atoms with E-state index in [0.717, 1.165) is 11.8 Å². The van der Waals surface area contributed by atoms with Gasteiger partial charge < -0.3 is 0 Å². The van der Waals surface area contributed by atoms with Gasteiger partial charge in [0.1, 0.15) is 0 Å². The summed E-state index contributed by atoms with van der Waals surface area (Å²) < 4.78 is 0. The second kappa shape index (κ2) is 5.45. The predicted molar refractivity (Wildman–Crippen MR) is 58.1 cm³/mol. The molecule has 0 heterocycles. The molecule has 2 aliphatic carbocycles. The van der Waals surface area contributed by atoms with E-state index in [1.165, 1.54) is 32.4 Å². The van der Waals surface area contributed by atoms with Crippen molar-refractivity contribution in [3.05, 3.63) is 12.2 Å². The van der Waals surface area contributed by atoms with Crippen molar-refractivity contribution in [3.63, 3.8) is 0 Å². The van der Waals surface area contributed by atoms with Gasteiger partial charge in [0, 0.05) is 0 Å². The summed E-state index contributed by atoms with van der Waals surface area (Å²) in [4.78, 5) is 0. The first-order chi connectivity index (χ1) is 5.86. The predicted octanol–water partition coefficient (Wildman–Crippen LogP) is 1.14. The Morgan fingerprint density at radius 3 is 2.00 bits per heavy atom. The Bertz CT molecular complexity index is 153. The summed E-state index contributed by atoms with van der Waals surface area (Å²) >= 11 is 0. The molecule has 0 amide bonds. The average Bonchev–Trinajstić information content (AvgIpc) is 2.69. The molecule has 0 nitrogen and oxygen atoms in total. The standard InChI is InChI=1S/C7H10.C2H3B3/c1-2-7-4-3-6(1)5-7;3-1-2-5-4/h1-2,6-7H,3-5H2;1H,2H2. The fourth-order valence-electron chi connectivity index (χ4n) is 1.80. The van der Waals surface area contributed by atoms with Crippen molar-refractivity contribution in [2.24, 2.45) is 11.8 Å². The van der Waals surface area contributed by atoms with Crippen LogP contribution in [0.5, 0.6) is 0 Å². The van der Waals surface area contributed by atoms with E-state index in [9.17, 15) is 0 Å². The molecule has 3 heteroatoms. The van der Waals surface area contributed by atoms with Gasteiger partial charge in [0.15, 0.2) is 0 Å². The molecule has 2 aliphatic rings. The maximum atomic E-state index is 4.90. The Morgan fingerprint density at radius 2 is 1.92 bits per heavy atom. The Balaban J connectivity index is 0.000000130. The van der Waals surface area contributed by atoms with Gasteiger partial charge in [0.25, 0.3) is 0 Å². The van der Waals surface area contributed by atoms with Gasteiger partial charge in [-0.2, -0.15) is 0 Å². The number of hydrogen-bond acceptors (Lipinski definition) is 0. The molecule has 0 aliphatic heterocycles. The summed E-state index contributed by atoms with van der Waals surface area (Å²) in [7, 11) is 11.3. The molecule has 12 heavy (non-hydrogen) atoms. The molecule has 0 saturated heterocycles. The zero-order valence-corrected chi connectivity index (χ0v) is 7.45. The molecule has 0 aromatic carbocycles. The van der Waals surface area contributed by atoms with Gasteiger partial charge >= 0.3 is 34.7 Å². The summed E-state index contributed by atoms with van der Waals surface area (Å²) in [5.41, 5.74) is 0. The minimum absolute atomic E-state index is 0.694. The van der Waals surface area contributed by atoms with E-state index in [-0.39, 0.29) is 0 Å². The summed E-state index contributed by atoms with van der Waals surface area (Å²) in [6, 6.07) is 0. The zero-order chi connectivity index (χ0) is 8.81. The quantitative estimate of drug-likeness (QED) is 0.412. The first-order valence-electron chi connectivity index (χ1n) is 4.62. The van der Waals surface area contributed by atoms with Crippen molar-refractivity contribution in [1.82, 2.24) is 0 Å². The molecule has 0 N–H and O–H groups in total. The van der Waals surface area contributed by atoms with Gasteiger partial charge in [-0.05, 0) is 31.1 Å². The van der Waals surface area contributed by atoms with Crippen LogP contribution in [0.25, 0.3) is 0 Å². The van der Waals surface area contributed by atoms with E-state index in [1.54, 1.807) is 0 Å². The SMILES string of the molecule is C1=CC2CCC1C2.[B][B]CC=[B]. The van der Waals surface area contributed by atoms with Gasteiger partial charge in [0.2, 0.25) is 0 Å². The van der Waals surface area contributed by atoms with E-state index in [4.69, 9.17) is 15.2 Å². The Labute approximate surface area is 78.5 Å². The first-order valence-corrected chi connectivity index (χ1v) is 4.62.